The third-order valence-electron chi connectivity index (χ3n) is 4.27. The molecule has 1 saturated carbocycles. The van der Waals surface area contributed by atoms with Crippen molar-refractivity contribution in [1.29, 1.82) is 0 Å². The molecule has 0 spiro atoms. The van der Waals surface area contributed by atoms with Crippen LogP contribution in [-0.2, 0) is 9.59 Å². The first-order valence-corrected chi connectivity index (χ1v) is 7.38. The molecule has 1 N–H and O–H groups in total. The van der Waals surface area contributed by atoms with Crippen molar-refractivity contribution in [2.24, 2.45) is 5.41 Å². The highest BCUT2D eigenvalue weighted by Gasteiger charge is 2.58. The molecule has 0 bridgehead atoms. The van der Waals surface area contributed by atoms with Crippen molar-refractivity contribution in [2.45, 2.75) is 32.1 Å². The molecule has 0 atom stereocenters. The Morgan fingerprint density at radius 2 is 1.65 bits per heavy atom. The lowest BCUT2D eigenvalue weighted by molar-refractivity contribution is -0.143. The molecule has 106 valence electrons. The monoisotopic (exact) mass is 272 g/mol. The lowest BCUT2D eigenvalue weighted by Gasteiger charge is -2.30. The number of benzene rings is 1. The molecule has 1 aliphatic carbocycles. The van der Waals surface area contributed by atoms with Crippen LogP contribution in [-0.4, -0.2) is 29.8 Å². The Morgan fingerprint density at radius 3 is 2.25 bits per heavy atom. The van der Waals surface area contributed by atoms with E-state index in [2.05, 4.69) is 5.32 Å². The minimum absolute atomic E-state index is 0.0330. The van der Waals surface area contributed by atoms with E-state index in [0.29, 0.717) is 12.8 Å². The average molecular weight is 272 g/mol. The first-order chi connectivity index (χ1) is 9.72. The van der Waals surface area contributed by atoms with Crippen LogP contribution >= 0.6 is 0 Å². The number of carbonyl (C=O) groups excluding carboxylic acids is 2. The van der Waals surface area contributed by atoms with Gasteiger partial charge in [0.05, 0.1) is 0 Å². The van der Waals surface area contributed by atoms with E-state index in [1.807, 2.05) is 35.2 Å². The molecule has 3 rings (SSSR count). The number of amides is 2. The summed E-state index contributed by atoms with van der Waals surface area (Å²) in [6.07, 6.45) is 4.67. The van der Waals surface area contributed by atoms with Crippen molar-refractivity contribution in [3.05, 3.63) is 30.3 Å². The third-order valence-corrected chi connectivity index (χ3v) is 4.27. The number of piperidine rings is 1. The van der Waals surface area contributed by atoms with E-state index in [-0.39, 0.29) is 11.8 Å². The quantitative estimate of drug-likeness (QED) is 0.859. The van der Waals surface area contributed by atoms with Gasteiger partial charge in [-0.1, -0.05) is 18.2 Å². The van der Waals surface area contributed by atoms with E-state index in [1.165, 1.54) is 6.42 Å². The van der Waals surface area contributed by atoms with Gasteiger partial charge in [0.15, 0.2) is 0 Å². The van der Waals surface area contributed by atoms with Crippen LogP contribution in [0.15, 0.2) is 30.3 Å². The van der Waals surface area contributed by atoms with Crippen molar-refractivity contribution in [3.63, 3.8) is 0 Å². The number of hydrogen-bond donors (Lipinski definition) is 1. The summed E-state index contributed by atoms with van der Waals surface area (Å²) >= 11 is 0. The molecule has 4 nitrogen and oxygen atoms in total. The van der Waals surface area contributed by atoms with Crippen molar-refractivity contribution >= 4 is 17.5 Å². The van der Waals surface area contributed by atoms with Crippen molar-refractivity contribution < 1.29 is 9.59 Å². The summed E-state index contributed by atoms with van der Waals surface area (Å²) in [5, 5.41) is 2.88. The van der Waals surface area contributed by atoms with Crippen LogP contribution in [0.4, 0.5) is 5.69 Å². The van der Waals surface area contributed by atoms with Crippen LogP contribution in [0.3, 0.4) is 0 Å². The SMILES string of the molecule is O=C(Nc1ccccc1)C1(C(=O)N2CCCCC2)CC1. The van der Waals surface area contributed by atoms with Gasteiger partial charge in [-0.25, -0.2) is 0 Å². The molecule has 0 aromatic heterocycles. The number of rotatable bonds is 3. The Morgan fingerprint density at radius 1 is 1.00 bits per heavy atom. The molecule has 1 aromatic rings. The van der Waals surface area contributed by atoms with Gasteiger partial charge in [0, 0.05) is 18.8 Å². The maximum atomic E-state index is 12.6. The summed E-state index contributed by atoms with van der Waals surface area (Å²) in [5.41, 5.74) is -0.0251. The largest absolute Gasteiger partial charge is 0.342 e. The molecule has 1 heterocycles. The van der Waals surface area contributed by atoms with E-state index in [9.17, 15) is 9.59 Å². The minimum Gasteiger partial charge on any atom is -0.342 e. The van der Waals surface area contributed by atoms with E-state index in [1.54, 1.807) is 0 Å². The number of nitrogens with one attached hydrogen (secondary N) is 1. The van der Waals surface area contributed by atoms with Crippen LogP contribution in [0.2, 0.25) is 0 Å². The molecule has 0 unspecified atom stereocenters. The van der Waals surface area contributed by atoms with Gasteiger partial charge in [-0.05, 0) is 44.2 Å². The zero-order valence-electron chi connectivity index (χ0n) is 11.6. The number of anilines is 1. The standard InChI is InChI=1S/C16H20N2O2/c19-14(17-13-7-3-1-4-8-13)16(9-10-16)15(20)18-11-5-2-6-12-18/h1,3-4,7-8H,2,5-6,9-12H2,(H,17,19). The molecule has 2 amide bonds. The van der Waals surface area contributed by atoms with Gasteiger partial charge in [0.1, 0.15) is 5.41 Å². The summed E-state index contributed by atoms with van der Waals surface area (Å²) in [5.74, 6) is -0.107. The zero-order chi connectivity index (χ0) is 14.0. The van der Waals surface area contributed by atoms with Crippen LogP contribution < -0.4 is 5.32 Å². The number of para-hydroxylation sites is 1. The molecular formula is C16H20N2O2. The Bertz CT molecular complexity index is 502. The minimum atomic E-state index is -0.785. The van der Waals surface area contributed by atoms with Crippen LogP contribution in [0, 0.1) is 5.41 Å². The first-order valence-electron chi connectivity index (χ1n) is 7.38. The van der Waals surface area contributed by atoms with Crippen LogP contribution in [0.25, 0.3) is 0 Å². The second-order valence-electron chi connectivity index (χ2n) is 5.76. The lowest BCUT2D eigenvalue weighted by atomic mass is 10.0. The van der Waals surface area contributed by atoms with Crippen LogP contribution in [0.1, 0.15) is 32.1 Å². The maximum absolute atomic E-state index is 12.6. The fourth-order valence-electron chi connectivity index (χ4n) is 2.83. The Labute approximate surface area is 119 Å². The van der Waals surface area contributed by atoms with Gasteiger partial charge in [-0.15, -0.1) is 0 Å². The van der Waals surface area contributed by atoms with Gasteiger partial charge in [0.25, 0.3) is 0 Å². The fraction of sp³-hybridized carbons (Fsp3) is 0.500. The average Bonchev–Trinajstić information content (AvgIpc) is 3.30. The Hall–Kier alpha value is -1.84. The Kier molecular flexibility index (Phi) is 3.47. The highest BCUT2D eigenvalue weighted by Crippen LogP contribution is 2.48. The summed E-state index contributed by atoms with van der Waals surface area (Å²) in [4.78, 5) is 26.9. The predicted molar refractivity (Wildman–Crippen MR) is 77.2 cm³/mol. The molecular weight excluding hydrogens is 252 g/mol. The lowest BCUT2D eigenvalue weighted by Crippen LogP contribution is -2.45. The normalized spacial score (nSPS) is 20.3. The van der Waals surface area contributed by atoms with Gasteiger partial charge >= 0.3 is 0 Å². The van der Waals surface area contributed by atoms with E-state index in [0.717, 1.165) is 31.6 Å². The van der Waals surface area contributed by atoms with Crippen molar-refractivity contribution in [1.82, 2.24) is 4.90 Å². The number of hydrogen-bond acceptors (Lipinski definition) is 2. The highest BCUT2D eigenvalue weighted by molar-refractivity contribution is 6.13. The number of likely N-dealkylation sites (tertiary alicyclic amines) is 1. The second kappa shape index (κ2) is 5.27. The van der Waals surface area contributed by atoms with E-state index >= 15 is 0 Å². The van der Waals surface area contributed by atoms with Crippen molar-refractivity contribution in [3.8, 4) is 0 Å². The molecule has 4 heteroatoms. The number of nitrogens with zero attached hydrogens (tertiary/aromatic N) is 1. The fourth-order valence-corrected chi connectivity index (χ4v) is 2.83. The first kappa shape index (κ1) is 13.2. The van der Waals surface area contributed by atoms with Crippen molar-refractivity contribution in [2.75, 3.05) is 18.4 Å². The van der Waals surface area contributed by atoms with Gasteiger partial charge < -0.3 is 10.2 Å². The van der Waals surface area contributed by atoms with Gasteiger partial charge in [-0.3, -0.25) is 9.59 Å². The molecule has 2 fully saturated rings. The molecule has 1 saturated heterocycles. The summed E-state index contributed by atoms with van der Waals surface area (Å²) in [6, 6.07) is 9.35. The summed E-state index contributed by atoms with van der Waals surface area (Å²) in [7, 11) is 0. The summed E-state index contributed by atoms with van der Waals surface area (Å²) < 4.78 is 0. The number of carbonyl (C=O) groups is 2. The van der Waals surface area contributed by atoms with Gasteiger partial charge in [0.2, 0.25) is 11.8 Å². The topological polar surface area (TPSA) is 49.4 Å². The van der Waals surface area contributed by atoms with Gasteiger partial charge in [-0.2, -0.15) is 0 Å². The maximum Gasteiger partial charge on any atom is 0.240 e. The molecule has 0 radical (unpaired) electrons. The van der Waals surface area contributed by atoms with Crippen LogP contribution in [0.5, 0.6) is 0 Å². The molecule has 2 aliphatic rings. The molecule has 1 aromatic carbocycles. The molecule has 20 heavy (non-hydrogen) atoms. The Balaban J connectivity index is 1.68. The zero-order valence-corrected chi connectivity index (χ0v) is 11.6. The van der Waals surface area contributed by atoms with E-state index < -0.39 is 5.41 Å². The summed E-state index contributed by atoms with van der Waals surface area (Å²) in [6.45, 7) is 1.61. The van der Waals surface area contributed by atoms with E-state index in [4.69, 9.17) is 0 Å². The predicted octanol–water partition coefficient (Wildman–Crippen LogP) is 2.42. The third kappa shape index (κ3) is 2.42. The second-order valence-corrected chi connectivity index (χ2v) is 5.76. The molecule has 1 aliphatic heterocycles. The highest BCUT2D eigenvalue weighted by atomic mass is 16.2. The smallest absolute Gasteiger partial charge is 0.240 e.